The lowest BCUT2D eigenvalue weighted by molar-refractivity contribution is 0.0669. The van der Waals surface area contributed by atoms with Crippen LogP contribution in [0.4, 0.5) is 5.69 Å². The van der Waals surface area contributed by atoms with Gasteiger partial charge in [-0.1, -0.05) is 31.9 Å². The van der Waals surface area contributed by atoms with Crippen LogP contribution in [0.3, 0.4) is 0 Å². The molecule has 0 heterocycles. The minimum Gasteiger partial charge on any atom is -0.382 e. The first-order chi connectivity index (χ1) is 9.81. The van der Waals surface area contributed by atoms with Crippen LogP contribution in [0.5, 0.6) is 0 Å². The van der Waals surface area contributed by atoms with Crippen LogP contribution < -0.4 is 5.32 Å². The maximum Gasteiger partial charge on any atom is 0.0590 e. The molecule has 0 spiro atoms. The Morgan fingerprint density at radius 1 is 1.15 bits per heavy atom. The Bertz CT molecular complexity index is 374. The van der Waals surface area contributed by atoms with Crippen LogP contribution in [-0.2, 0) is 11.2 Å². The SMILES string of the molecule is CCCCCc1ccc(NC2CCCC(OC)C2)cc1. The molecule has 2 rings (SSSR count). The summed E-state index contributed by atoms with van der Waals surface area (Å²) in [6, 6.07) is 9.58. The van der Waals surface area contributed by atoms with Gasteiger partial charge in [0.1, 0.15) is 0 Å². The number of hydrogen-bond acceptors (Lipinski definition) is 2. The van der Waals surface area contributed by atoms with E-state index in [1.54, 1.807) is 0 Å². The van der Waals surface area contributed by atoms with Crippen molar-refractivity contribution in [2.75, 3.05) is 12.4 Å². The summed E-state index contributed by atoms with van der Waals surface area (Å²) in [5.41, 5.74) is 2.72. The molecule has 112 valence electrons. The number of anilines is 1. The van der Waals surface area contributed by atoms with E-state index >= 15 is 0 Å². The van der Waals surface area contributed by atoms with E-state index in [-0.39, 0.29) is 0 Å². The Morgan fingerprint density at radius 2 is 1.95 bits per heavy atom. The fourth-order valence-electron chi connectivity index (χ4n) is 3.07. The number of aryl methyl sites for hydroxylation is 1. The van der Waals surface area contributed by atoms with Crippen molar-refractivity contribution < 1.29 is 4.74 Å². The zero-order chi connectivity index (χ0) is 14.2. The maximum atomic E-state index is 5.49. The summed E-state index contributed by atoms with van der Waals surface area (Å²) in [7, 11) is 1.83. The van der Waals surface area contributed by atoms with Crippen molar-refractivity contribution in [3.8, 4) is 0 Å². The number of benzene rings is 1. The van der Waals surface area contributed by atoms with Crippen LogP contribution in [0.1, 0.15) is 57.4 Å². The molecule has 2 atom stereocenters. The normalized spacial score (nSPS) is 22.7. The molecule has 0 amide bonds. The zero-order valence-corrected chi connectivity index (χ0v) is 13.0. The first-order valence-electron chi connectivity index (χ1n) is 8.20. The molecule has 1 aromatic rings. The van der Waals surface area contributed by atoms with Gasteiger partial charge in [-0.25, -0.2) is 0 Å². The van der Waals surface area contributed by atoms with Gasteiger partial charge in [-0.05, 0) is 56.2 Å². The van der Waals surface area contributed by atoms with Crippen LogP contribution in [-0.4, -0.2) is 19.3 Å². The van der Waals surface area contributed by atoms with Crippen LogP contribution in [0, 0.1) is 0 Å². The van der Waals surface area contributed by atoms with Gasteiger partial charge < -0.3 is 10.1 Å². The van der Waals surface area contributed by atoms with Crippen molar-refractivity contribution in [1.29, 1.82) is 0 Å². The second kappa shape index (κ2) is 8.31. The Balaban J connectivity index is 1.80. The summed E-state index contributed by atoms with van der Waals surface area (Å²) < 4.78 is 5.49. The monoisotopic (exact) mass is 275 g/mol. The number of rotatable bonds is 7. The summed E-state index contributed by atoms with van der Waals surface area (Å²) in [4.78, 5) is 0. The topological polar surface area (TPSA) is 21.3 Å². The first kappa shape index (κ1) is 15.4. The van der Waals surface area contributed by atoms with Gasteiger partial charge in [-0.15, -0.1) is 0 Å². The zero-order valence-electron chi connectivity index (χ0n) is 13.0. The van der Waals surface area contributed by atoms with Gasteiger partial charge in [-0.2, -0.15) is 0 Å². The van der Waals surface area contributed by atoms with E-state index in [1.165, 1.54) is 56.2 Å². The van der Waals surface area contributed by atoms with E-state index in [2.05, 4.69) is 36.5 Å². The molecule has 2 nitrogen and oxygen atoms in total. The molecule has 1 aliphatic carbocycles. The van der Waals surface area contributed by atoms with Crippen molar-refractivity contribution in [2.45, 2.75) is 70.4 Å². The number of nitrogens with one attached hydrogen (secondary N) is 1. The molecule has 1 aliphatic rings. The molecule has 0 radical (unpaired) electrons. The predicted octanol–water partition coefficient (Wildman–Crippen LogP) is 4.79. The smallest absolute Gasteiger partial charge is 0.0590 e. The molecule has 2 unspecified atom stereocenters. The fourth-order valence-corrected chi connectivity index (χ4v) is 3.07. The van der Waals surface area contributed by atoms with Gasteiger partial charge in [0.25, 0.3) is 0 Å². The fraction of sp³-hybridized carbons (Fsp3) is 0.667. The Morgan fingerprint density at radius 3 is 2.65 bits per heavy atom. The van der Waals surface area contributed by atoms with E-state index < -0.39 is 0 Å². The Kier molecular flexibility index (Phi) is 6.38. The highest BCUT2D eigenvalue weighted by atomic mass is 16.5. The number of hydrogen-bond donors (Lipinski definition) is 1. The lowest BCUT2D eigenvalue weighted by Gasteiger charge is -2.29. The van der Waals surface area contributed by atoms with Crippen molar-refractivity contribution >= 4 is 5.69 Å². The van der Waals surface area contributed by atoms with Crippen molar-refractivity contribution in [1.82, 2.24) is 0 Å². The molecule has 1 fully saturated rings. The molecule has 2 heteroatoms. The average Bonchev–Trinajstić information content (AvgIpc) is 2.49. The number of methoxy groups -OCH3 is 1. The largest absolute Gasteiger partial charge is 0.382 e. The third-order valence-electron chi connectivity index (χ3n) is 4.35. The van der Waals surface area contributed by atoms with Crippen molar-refractivity contribution in [3.63, 3.8) is 0 Å². The molecule has 20 heavy (non-hydrogen) atoms. The molecule has 1 N–H and O–H groups in total. The van der Waals surface area contributed by atoms with E-state index in [4.69, 9.17) is 4.74 Å². The van der Waals surface area contributed by atoms with Gasteiger partial charge in [0.05, 0.1) is 6.10 Å². The highest BCUT2D eigenvalue weighted by Crippen LogP contribution is 2.24. The van der Waals surface area contributed by atoms with Crippen LogP contribution in [0.25, 0.3) is 0 Å². The summed E-state index contributed by atoms with van der Waals surface area (Å²) in [6.45, 7) is 2.25. The summed E-state index contributed by atoms with van der Waals surface area (Å²) >= 11 is 0. The molecule has 1 saturated carbocycles. The average molecular weight is 275 g/mol. The molecule has 0 aromatic heterocycles. The lowest BCUT2D eigenvalue weighted by Crippen LogP contribution is -2.30. The van der Waals surface area contributed by atoms with E-state index in [1.807, 2.05) is 7.11 Å². The van der Waals surface area contributed by atoms with Crippen LogP contribution >= 0.6 is 0 Å². The van der Waals surface area contributed by atoms with Gasteiger partial charge >= 0.3 is 0 Å². The standard InChI is InChI=1S/C18H29NO/c1-3-4-5-7-15-10-12-16(13-11-15)19-17-8-6-9-18(14-17)20-2/h10-13,17-19H,3-9,14H2,1-2H3. The minimum absolute atomic E-state index is 0.439. The van der Waals surface area contributed by atoms with Crippen molar-refractivity contribution in [2.24, 2.45) is 0 Å². The molecular formula is C18H29NO. The summed E-state index contributed by atoms with van der Waals surface area (Å²) in [5, 5.41) is 3.66. The summed E-state index contributed by atoms with van der Waals surface area (Å²) in [5.74, 6) is 0. The summed E-state index contributed by atoms with van der Waals surface area (Å²) in [6.07, 6.45) is 10.5. The highest BCUT2D eigenvalue weighted by molar-refractivity contribution is 5.45. The van der Waals surface area contributed by atoms with E-state index in [0.29, 0.717) is 12.1 Å². The quantitative estimate of drug-likeness (QED) is 0.722. The maximum absolute atomic E-state index is 5.49. The molecular weight excluding hydrogens is 246 g/mol. The van der Waals surface area contributed by atoms with E-state index in [9.17, 15) is 0 Å². The second-order valence-corrected chi connectivity index (χ2v) is 6.02. The minimum atomic E-state index is 0.439. The van der Waals surface area contributed by atoms with Crippen molar-refractivity contribution in [3.05, 3.63) is 29.8 Å². The van der Waals surface area contributed by atoms with Gasteiger partial charge in [-0.3, -0.25) is 0 Å². The van der Waals surface area contributed by atoms with Crippen LogP contribution in [0.15, 0.2) is 24.3 Å². The first-order valence-corrected chi connectivity index (χ1v) is 8.20. The van der Waals surface area contributed by atoms with E-state index in [0.717, 1.165) is 6.42 Å². The third kappa shape index (κ3) is 4.82. The predicted molar refractivity (Wildman–Crippen MR) is 86.3 cm³/mol. The van der Waals surface area contributed by atoms with Gasteiger partial charge in [0.15, 0.2) is 0 Å². The van der Waals surface area contributed by atoms with Gasteiger partial charge in [0, 0.05) is 18.8 Å². The second-order valence-electron chi connectivity index (χ2n) is 6.02. The molecule has 0 aliphatic heterocycles. The number of ether oxygens (including phenoxy) is 1. The third-order valence-corrected chi connectivity index (χ3v) is 4.35. The Hall–Kier alpha value is -1.02. The molecule has 0 saturated heterocycles. The highest BCUT2D eigenvalue weighted by Gasteiger charge is 2.21. The van der Waals surface area contributed by atoms with Gasteiger partial charge in [0.2, 0.25) is 0 Å². The Labute approximate surface area is 123 Å². The molecule has 0 bridgehead atoms. The molecule has 1 aromatic carbocycles. The lowest BCUT2D eigenvalue weighted by atomic mass is 9.92. The number of unbranched alkanes of at least 4 members (excludes halogenated alkanes) is 2. The van der Waals surface area contributed by atoms with Crippen LogP contribution in [0.2, 0.25) is 0 Å².